The molecule has 1 amide bonds. The minimum Gasteiger partial charge on any atom is -0.497 e. The third-order valence-electron chi connectivity index (χ3n) is 8.30. The lowest BCUT2D eigenvalue weighted by atomic mass is 9.89. The van der Waals surface area contributed by atoms with Gasteiger partial charge >= 0.3 is 0 Å². The van der Waals surface area contributed by atoms with E-state index in [9.17, 15) is 4.79 Å². The number of hydrogen-bond donors (Lipinski definition) is 1. The van der Waals surface area contributed by atoms with Crippen LogP contribution in [0.4, 0.5) is 0 Å². The molecule has 0 unspecified atom stereocenters. The fourth-order valence-corrected chi connectivity index (χ4v) is 5.79. The zero-order valence-electron chi connectivity index (χ0n) is 22.8. The molecular weight excluding hydrogens is 484 g/mol. The third-order valence-corrected chi connectivity index (χ3v) is 8.30. The van der Waals surface area contributed by atoms with Crippen LogP contribution in [0.15, 0.2) is 72.8 Å². The molecule has 0 saturated carbocycles. The van der Waals surface area contributed by atoms with E-state index in [4.69, 9.17) is 10.00 Å². The van der Waals surface area contributed by atoms with Gasteiger partial charge in [0.05, 0.1) is 18.7 Å². The average Bonchev–Trinajstić information content (AvgIpc) is 3.01. The zero-order valence-corrected chi connectivity index (χ0v) is 22.8. The Bertz CT molecular complexity index is 1270. The van der Waals surface area contributed by atoms with E-state index < -0.39 is 0 Å². The molecule has 3 aromatic rings. The van der Waals surface area contributed by atoms with Crippen LogP contribution in [0.25, 0.3) is 11.1 Å². The van der Waals surface area contributed by atoms with Gasteiger partial charge in [-0.2, -0.15) is 5.26 Å². The van der Waals surface area contributed by atoms with Crippen molar-refractivity contribution in [2.45, 2.75) is 37.6 Å². The number of benzene rings is 3. The van der Waals surface area contributed by atoms with Crippen molar-refractivity contribution in [2.24, 2.45) is 0 Å². The minimum atomic E-state index is -0.00117. The molecule has 2 saturated heterocycles. The summed E-state index contributed by atoms with van der Waals surface area (Å²) in [6.45, 7) is 6.58. The molecule has 0 radical (unpaired) electrons. The Morgan fingerprint density at radius 1 is 0.872 bits per heavy atom. The van der Waals surface area contributed by atoms with Crippen LogP contribution in [0.1, 0.15) is 53.1 Å². The summed E-state index contributed by atoms with van der Waals surface area (Å²) in [6.07, 6.45) is 4.39. The van der Waals surface area contributed by atoms with Crippen molar-refractivity contribution in [1.82, 2.24) is 15.1 Å². The predicted molar refractivity (Wildman–Crippen MR) is 155 cm³/mol. The molecule has 6 heteroatoms. The summed E-state index contributed by atoms with van der Waals surface area (Å²) in [4.78, 5) is 18.0. The predicted octanol–water partition coefficient (Wildman–Crippen LogP) is 5.31. The molecule has 2 fully saturated rings. The molecule has 3 aromatic carbocycles. The summed E-state index contributed by atoms with van der Waals surface area (Å²) in [7, 11) is 1.73. The number of piperidine rings is 2. The number of methoxy groups -OCH3 is 1. The van der Waals surface area contributed by atoms with Crippen LogP contribution in [0.2, 0.25) is 0 Å². The Hall–Kier alpha value is -3.66. The van der Waals surface area contributed by atoms with Crippen molar-refractivity contribution in [3.63, 3.8) is 0 Å². The highest BCUT2D eigenvalue weighted by atomic mass is 16.5. The van der Waals surface area contributed by atoms with Gasteiger partial charge in [0.25, 0.3) is 5.91 Å². The molecule has 0 spiro atoms. The number of amides is 1. The second-order valence-corrected chi connectivity index (χ2v) is 10.7. The number of carbonyl (C=O) groups excluding carboxylic acids is 1. The molecule has 0 bridgehead atoms. The van der Waals surface area contributed by atoms with Crippen molar-refractivity contribution < 1.29 is 9.53 Å². The fourth-order valence-electron chi connectivity index (χ4n) is 5.79. The normalized spacial score (nSPS) is 17.4. The Labute approximate surface area is 232 Å². The molecule has 0 aromatic heterocycles. The Morgan fingerprint density at radius 3 is 2.05 bits per heavy atom. The van der Waals surface area contributed by atoms with Gasteiger partial charge < -0.3 is 19.9 Å². The van der Waals surface area contributed by atoms with Gasteiger partial charge in [-0.25, -0.2) is 0 Å². The van der Waals surface area contributed by atoms with E-state index in [1.807, 2.05) is 54.6 Å². The van der Waals surface area contributed by atoms with E-state index in [0.717, 1.165) is 69.0 Å². The van der Waals surface area contributed by atoms with Gasteiger partial charge in [-0.05, 0) is 97.8 Å². The summed E-state index contributed by atoms with van der Waals surface area (Å²) >= 11 is 0. The van der Waals surface area contributed by atoms with Gasteiger partial charge in [0.1, 0.15) is 5.75 Å². The number of nitrogens with zero attached hydrogens (tertiary/aromatic N) is 3. The zero-order chi connectivity index (χ0) is 27.0. The van der Waals surface area contributed by atoms with Gasteiger partial charge in [-0.15, -0.1) is 0 Å². The molecule has 202 valence electrons. The minimum absolute atomic E-state index is 0.00117. The van der Waals surface area contributed by atoms with Gasteiger partial charge in [0.15, 0.2) is 0 Å². The van der Waals surface area contributed by atoms with E-state index in [-0.39, 0.29) is 11.9 Å². The fraction of sp³-hybridized carbons (Fsp3) is 0.394. The SMILES string of the molecule is COc1cccc(C2CCN(CCN3CCC(NC(=O)c4ccc(-c5ccc(C#N)cc5)cc4)CC3)CC2)c1. The number of nitriles is 1. The van der Waals surface area contributed by atoms with Crippen LogP contribution in [-0.4, -0.2) is 68.1 Å². The highest BCUT2D eigenvalue weighted by Gasteiger charge is 2.24. The van der Waals surface area contributed by atoms with Crippen LogP contribution >= 0.6 is 0 Å². The Balaban J connectivity index is 1.01. The molecule has 6 nitrogen and oxygen atoms in total. The van der Waals surface area contributed by atoms with Crippen LogP contribution in [0.5, 0.6) is 5.75 Å². The Kier molecular flexibility index (Phi) is 8.93. The van der Waals surface area contributed by atoms with Crippen molar-refractivity contribution in [3.05, 3.63) is 89.5 Å². The van der Waals surface area contributed by atoms with Crippen molar-refractivity contribution in [2.75, 3.05) is 46.4 Å². The average molecular weight is 523 g/mol. The third kappa shape index (κ3) is 7.06. The molecule has 5 rings (SSSR count). The van der Waals surface area contributed by atoms with Gasteiger partial charge in [0.2, 0.25) is 0 Å². The molecule has 0 atom stereocenters. The lowest BCUT2D eigenvalue weighted by Gasteiger charge is -2.36. The molecule has 2 aliphatic rings. The van der Waals surface area contributed by atoms with E-state index in [2.05, 4.69) is 39.4 Å². The second kappa shape index (κ2) is 12.9. The smallest absolute Gasteiger partial charge is 0.251 e. The first kappa shape index (κ1) is 26.9. The standard InChI is InChI=1S/C33H38N4O2/c1-39-32-4-2-3-30(23-32)28-13-17-36(18-14-28)21-22-37-19-15-31(16-20-37)35-33(38)29-11-9-27(10-12-29)26-7-5-25(24-34)6-8-26/h2-12,23,28,31H,13-22H2,1H3,(H,35,38). The Morgan fingerprint density at radius 2 is 1.46 bits per heavy atom. The second-order valence-electron chi connectivity index (χ2n) is 10.7. The topological polar surface area (TPSA) is 68.6 Å². The lowest BCUT2D eigenvalue weighted by Crippen LogP contribution is -2.47. The first-order valence-electron chi connectivity index (χ1n) is 14.1. The number of rotatable bonds is 8. The molecule has 1 N–H and O–H groups in total. The van der Waals surface area contributed by atoms with Crippen LogP contribution in [0.3, 0.4) is 0 Å². The number of nitrogens with one attached hydrogen (secondary N) is 1. The maximum absolute atomic E-state index is 12.8. The number of likely N-dealkylation sites (tertiary alicyclic amines) is 2. The molecule has 2 aliphatic heterocycles. The van der Waals surface area contributed by atoms with Gasteiger partial charge in [0, 0.05) is 37.8 Å². The van der Waals surface area contributed by atoms with Crippen LogP contribution < -0.4 is 10.1 Å². The monoisotopic (exact) mass is 522 g/mol. The van der Waals surface area contributed by atoms with Crippen molar-refractivity contribution in [1.29, 1.82) is 5.26 Å². The summed E-state index contributed by atoms with van der Waals surface area (Å²) in [5, 5.41) is 12.2. The summed E-state index contributed by atoms with van der Waals surface area (Å²) in [5.41, 5.74) is 4.81. The highest BCUT2D eigenvalue weighted by molar-refractivity contribution is 5.94. The quantitative estimate of drug-likeness (QED) is 0.434. The summed E-state index contributed by atoms with van der Waals surface area (Å²) in [5.74, 6) is 1.58. The highest BCUT2D eigenvalue weighted by Crippen LogP contribution is 2.30. The van der Waals surface area contributed by atoms with Crippen molar-refractivity contribution in [3.8, 4) is 22.9 Å². The first-order valence-corrected chi connectivity index (χ1v) is 14.1. The maximum Gasteiger partial charge on any atom is 0.251 e. The van der Waals surface area contributed by atoms with Crippen LogP contribution in [0, 0.1) is 11.3 Å². The van der Waals surface area contributed by atoms with E-state index in [1.165, 1.54) is 18.4 Å². The largest absolute Gasteiger partial charge is 0.497 e. The maximum atomic E-state index is 12.8. The first-order chi connectivity index (χ1) is 19.1. The molecule has 0 aliphatic carbocycles. The van der Waals surface area contributed by atoms with Gasteiger partial charge in [-0.1, -0.05) is 36.4 Å². The number of ether oxygens (including phenoxy) is 1. The van der Waals surface area contributed by atoms with E-state index in [0.29, 0.717) is 17.0 Å². The van der Waals surface area contributed by atoms with Gasteiger partial charge in [-0.3, -0.25) is 4.79 Å². The summed E-state index contributed by atoms with van der Waals surface area (Å²) < 4.78 is 5.40. The molecule has 39 heavy (non-hydrogen) atoms. The molecular formula is C33H38N4O2. The van der Waals surface area contributed by atoms with E-state index in [1.54, 1.807) is 7.11 Å². The van der Waals surface area contributed by atoms with Crippen molar-refractivity contribution >= 4 is 5.91 Å². The number of carbonyl (C=O) groups is 1. The lowest BCUT2D eigenvalue weighted by molar-refractivity contribution is 0.0904. The van der Waals surface area contributed by atoms with E-state index >= 15 is 0 Å². The molecule has 2 heterocycles. The van der Waals surface area contributed by atoms with Crippen LogP contribution in [-0.2, 0) is 0 Å². The summed E-state index contributed by atoms with van der Waals surface area (Å²) in [6, 6.07) is 26.1. The number of hydrogen-bond acceptors (Lipinski definition) is 5.